The van der Waals surface area contributed by atoms with E-state index in [1.807, 2.05) is 24.3 Å². The Labute approximate surface area is 144 Å². The molecule has 2 aromatic carbocycles. The number of carbonyl (C=O) groups is 1. The van der Waals surface area contributed by atoms with Crippen LogP contribution < -0.4 is 10.1 Å². The number of fused-ring (bicyclic) bond motifs is 1. The lowest BCUT2D eigenvalue weighted by molar-refractivity contribution is -0.113. The van der Waals surface area contributed by atoms with Gasteiger partial charge >= 0.3 is 0 Å². The minimum absolute atomic E-state index is 0.199. The Balaban J connectivity index is 1.61. The van der Waals surface area contributed by atoms with E-state index in [0.29, 0.717) is 15.3 Å². The van der Waals surface area contributed by atoms with Crippen molar-refractivity contribution in [1.29, 1.82) is 0 Å². The maximum Gasteiger partial charge on any atom is 0.236 e. The van der Waals surface area contributed by atoms with E-state index in [4.69, 9.17) is 4.74 Å². The second kappa shape index (κ2) is 7.14. The van der Waals surface area contributed by atoms with E-state index in [9.17, 15) is 13.6 Å². The molecule has 8 heteroatoms. The van der Waals surface area contributed by atoms with Gasteiger partial charge in [0.15, 0.2) is 16.8 Å². The SMILES string of the molecule is COc1ccc(SCC(=O)Nc2nc3cc(F)c(F)cc3s2)cc1. The number of aromatic nitrogens is 1. The molecule has 0 spiro atoms. The molecular weight excluding hydrogens is 354 g/mol. The van der Waals surface area contributed by atoms with Gasteiger partial charge in [0.05, 0.1) is 23.1 Å². The zero-order valence-corrected chi connectivity index (χ0v) is 14.1. The third-order valence-corrected chi connectivity index (χ3v) is 5.05. The first-order chi connectivity index (χ1) is 11.5. The fraction of sp³-hybridized carbons (Fsp3) is 0.125. The van der Waals surface area contributed by atoms with Gasteiger partial charge in [-0.15, -0.1) is 11.8 Å². The summed E-state index contributed by atoms with van der Waals surface area (Å²) < 4.78 is 31.9. The van der Waals surface area contributed by atoms with Crippen molar-refractivity contribution in [2.24, 2.45) is 0 Å². The van der Waals surface area contributed by atoms with Crippen LogP contribution >= 0.6 is 23.1 Å². The molecule has 0 bridgehead atoms. The molecule has 0 radical (unpaired) electrons. The van der Waals surface area contributed by atoms with Gasteiger partial charge in [-0.2, -0.15) is 0 Å². The predicted molar refractivity (Wildman–Crippen MR) is 91.9 cm³/mol. The Hall–Kier alpha value is -2.19. The summed E-state index contributed by atoms with van der Waals surface area (Å²) in [4.78, 5) is 17.0. The molecule has 1 N–H and O–H groups in total. The standard InChI is InChI=1S/C16H12F2N2O2S2/c1-22-9-2-4-10(5-3-9)23-8-15(21)20-16-19-13-6-11(17)12(18)7-14(13)24-16/h2-7H,8H2,1H3,(H,19,20,21). The van der Waals surface area contributed by atoms with Crippen molar-refractivity contribution in [1.82, 2.24) is 4.98 Å². The summed E-state index contributed by atoms with van der Waals surface area (Å²) in [5.41, 5.74) is 0.317. The van der Waals surface area contributed by atoms with Crippen molar-refractivity contribution in [2.45, 2.75) is 4.90 Å². The van der Waals surface area contributed by atoms with Crippen LogP contribution in [0.3, 0.4) is 0 Å². The molecule has 1 heterocycles. The van der Waals surface area contributed by atoms with E-state index in [-0.39, 0.29) is 11.7 Å². The number of anilines is 1. The second-order valence-corrected chi connectivity index (χ2v) is 6.84. The van der Waals surface area contributed by atoms with Gasteiger partial charge in [-0.05, 0) is 30.3 Å². The summed E-state index contributed by atoms with van der Waals surface area (Å²) in [6.45, 7) is 0. The average Bonchev–Trinajstić information content (AvgIpc) is 2.94. The highest BCUT2D eigenvalue weighted by atomic mass is 32.2. The fourth-order valence-electron chi connectivity index (χ4n) is 1.95. The second-order valence-electron chi connectivity index (χ2n) is 4.77. The van der Waals surface area contributed by atoms with Gasteiger partial charge in [-0.3, -0.25) is 4.79 Å². The lowest BCUT2D eigenvalue weighted by Gasteiger charge is -2.03. The van der Waals surface area contributed by atoms with Crippen LogP contribution in [0.4, 0.5) is 13.9 Å². The Bertz CT molecular complexity index is 843. The number of nitrogens with one attached hydrogen (secondary N) is 1. The Morgan fingerprint density at radius 3 is 2.67 bits per heavy atom. The van der Waals surface area contributed by atoms with E-state index in [1.165, 1.54) is 11.8 Å². The largest absolute Gasteiger partial charge is 0.497 e. The van der Waals surface area contributed by atoms with Gasteiger partial charge in [0.1, 0.15) is 5.75 Å². The topological polar surface area (TPSA) is 51.2 Å². The van der Waals surface area contributed by atoms with E-state index in [0.717, 1.165) is 34.1 Å². The van der Waals surface area contributed by atoms with Crippen LogP contribution in [0.5, 0.6) is 5.75 Å². The maximum atomic E-state index is 13.2. The molecule has 0 saturated carbocycles. The molecule has 124 valence electrons. The van der Waals surface area contributed by atoms with Crippen LogP contribution in [0.1, 0.15) is 0 Å². The minimum Gasteiger partial charge on any atom is -0.497 e. The lowest BCUT2D eigenvalue weighted by atomic mass is 10.3. The average molecular weight is 366 g/mol. The van der Waals surface area contributed by atoms with Crippen LogP contribution in [0.2, 0.25) is 0 Å². The summed E-state index contributed by atoms with van der Waals surface area (Å²) >= 11 is 2.47. The van der Waals surface area contributed by atoms with Gasteiger partial charge in [-0.25, -0.2) is 13.8 Å². The zero-order chi connectivity index (χ0) is 17.1. The Morgan fingerprint density at radius 2 is 1.96 bits per heavy atom. The third-order valence-electron chi connectivity index (χ3n) is 3.11. The maximum absolute atomic E-state index is 13.2. The molecule has 3 rings (SSSR count). The monoisotopic (exact) mass is 366 g/mol. The number of thiazole rings is 1. The van der Waals surface area contributed by atoms with Crippen molar-refractivity contribution in [2.75, 3.05) is 18.2 Å². The highest BCUT2D eigenvalue weighted by Gasteiger charge is 2.11. The van der Waals surface area contributed by atoms with Crippen molar-refractivity contribution < 1.29 is 18.3 Å². The molecule has 0 aliphatic heterocycles. The molecule has 0 aliphatic rings. The van der Waals surface area contributed by atoms with E-state index in [1.54, 1.807) is 7.11 Å². The number of methoxy groups -OCH3 is 1. The molecule has 1 aromatic heterocycles. The fourth-order valence-corrected chi connectivity index (χ4v) is 3.54. The number of nitrogens with zero attached hydrogens (tertiary/aromatic N) is 1. The number of thioether (sulfide) groups is 1. The molecule has 0 saturated heterocycles. The quantitative estimate of drug-likeness (QED) is 0.684. The first kappa shape index (κ1) is 16.7. The highest BCUT2D eigenvalue weighted by molar-refractivity contribution is 8.00. The molecule has 0 fully saturated rings. The van der Waals surface area contributed by atoms with Crippen LogP contribution in [0, 0.1) is 11.6 Å². The molecule has 0 atom stereocenters. The van der Waals surface area contributed by atoms with Gasteiger partial charge < -0.3 is 10.1 Å². The normalized spacial score (nSPS) is 10.8. The summed E-state index contributed by atoms with van der Waals surface area (Å²) in [5, 5.41) is 2.96. The number of benzene rings is 2. The molecule has 3 aromatic rings. The van der Waals surface area contributed by atoms with Crippen molar-refractivity contribution in [3.63, 3.8) is 0 Å². The number of ether oxygens (including phenoxy) is 1. The summed E-state index contributed by atoms with van der Waals surface area (Å²) in [6, 6.07) is 9.45. The van der Waals surface area contributed by atoms with Crippen LogP contribution in [0.25, 0.3) is 10.2 Å². The number of carbonyl (C=O) groups excluding carboxylic acids is 1. The number of hydrogen-bond acceptors (Lipinski definition) is 5. The third kappa shape index (κ3) is 3.82. The van der Waals surface area contributed by atoms with Crippen molar-refractivity contribution in [3.8, 4) is 5.75 Å². The van der Waals surface area contributed by atoms with Crippen LogP contribution in [0.15, 0.2) is 41.3 Å². The van der Waals surface area contributed by atoms with Gasteiger partial charge in [-0.1, -0.05) is 11.3 Å². The van der Waals surface area contributed by atoms with Gasteiger partial charge in [0.2, 0.25) is 5.91 Å². The zero-order valence-electron chi connectivity index (χ0n) is 12.5. The smallest absolute Gasteiger partial charge is 0.236 e. The van der Waals surface area contributed by atoms with Crippen molar-refractivity contribution >= 4 is 44.4 Å². The molecule has 0 unspecified atom stereocenters. The highest BCUT2D eigenvalue weighted by Crippen LogP contribution is 2.28. The minimum atomic E-state index is -0.958. The molecule has 4 nitrogen and oxygen atoms in total. The van der Waals surface area contributed by atoms with E-state index < -0.39 is 11.6 Å². The van der Waals surface area contributed by atoms with Crippen LogP contribution in [-0.4, -0.2) is 23.8 Å². The first-order valence-corrected chi connectivity index (χ1v) is 8.67. The number of hydrogen-bond donors (Lipinski definition) is 1. The Morgan fingerprint density at radius 1 is 1.25 bits per heavy atom. The van der Waals surface area contributed by atoms with Crippen LogP contribution in [-0.2, 0) is 4.79 Å². The molecule has 1 amide bonds. The molecule has 24 heavy (non-hydrogen) atoms. The predicted octanol–water partition coefficient (Wildman–Crippen LogP) is 4.31. The van der Waals surface area contributed by atoms with E-state index >= 15 is 0 Å². The number of amides is 1. The number of halogens is 2. The molecular formula is C16H12F2N2O2S2. The summed E-state index contributed by atoms with van der Waals surface area (Å²) in [7, 11) is 1.59. The van der Waals surface area contributed by atoms with Gasteiger partial charge in [0, 0.05) is 11.0 Å². The Kier molecular flexibility index (Phi) is 4.96. The summed E-state index contributed by atoms with van der Waals surface area (Å²) in [6.07, 6.45) is 0. The number of rotatable bonds is 5. The first-order valence-electron chi connectivity index (χ1n) is 6.87. The summed E-state index contributed by atoms with van der Waals surface area (Å²) in [5.74, 6) is -1.18. The lowest BCUT2D eigenvalue weighted by Crippen LogP contribution is -2.13. The molecule has 0 aliphatic carbocycles. The van der Waals surface area contributed by atoms with Gasteiger partial charge in [0.25, 0.3) is 0 Å². The van der Waals surface area contributed by atoms with Crippen molar-refractivity contribution in [3.05, 3.63) is 48.0 Å². The van der Waals surface area contributed by atoms with E-state index in [2.05, 4.69) is 10.3 Å².